The molecule has 3 aromatic rings. The molecule has 1 aliphatic heterocycles. The topological polar surface area (TPSA) is 52.7 Å². The number of amides is 2. The van der Waals surface area contributed by atoms with Gasteiger partial charge >= 0.3 is 0 Å². The van der Waals surface area contributed by atoms with Gasteiger partial charge in [0.25, 0.3) is 5.91 Å². The van der Waals surface area contributed by atoms with E-state index < -0.39 is 0 Å². The van der Waals surface area contributed by atoms with E-state index in [1.165, 1.54) is 16.0 Å². The zero-order valence-corrected chi connectivity index (χ0v) is 19.4. The number of anilines is 1. The summed E-state index contributed by atoms with van der Waals surface area (Å²) < 4.78 is 0. The van der Waals surface area contributed by atoms with E-state index in [0.717, 1.165) is 13.0 Å². The number of carbonyl (C=O) groups excluding carboxylic acids is 2. The van der Waals surface area contributed by atoms with Gasteiger partial charge in [-0.05, 0) is 61.0 Å². The minimum absolute atomic E-state index is 0.0174. The Balaban J connectivity index is 1.49. The molecular formula is C26H29N3O2S. The summed E-state index contributed by atoms with van der Waals surface area (Å²) in [5.41, 5.74) is 3.74. The maximum atomic E-state index is 13.0. The minimum atomic E-state index is -0.0722. The second-order valence-corrected chi connectivity index (χ2v) is 8.94. The van der Waals surface area contributed by atoms with E-state index in [9.17, 15) is 9.59 Å². The van der Waals surface area contributed by atoms with Gasteiger partial charge in [0.15, 0.2) is 0 Å². The molecule has 0 aliphatic carbocycles. The Morgan fingerprint density at radius 3 is 2.59 bits per heavy atom. The first kappa shape index (κ1) is 22.2. The zero-order valence-electron chi connectivity index (χ0n) is 18.6. The predicted octanol–water partition coefficient (Wildman–Crippen LogP) is 4.82. The largest absolute Gasteiger partial charge is 0.339 e. The highest BCUT2D eigenvalue weighted by molar-refractivity contribution is 7.10. The van der Waals surface area contributed by atoms with Crippen LogP contribution in [-0.2, 0) is 11.2 Å². The molecule has 0 saturated carbocycles. The smallest absolute Gasteiger partial charge is 0.253 e. The Labute approximate surface area is 193 Å². The molecule has 5 nitrogen and oxygen atoms in total. The first-order valence-corrected chi connectivity index (χ1v) is 12.0. The van der Waals surface area contributed by atoms with Crippen LogP contribution in [0.2, 0.25) is 0 Å². The summed E-state index contributed by atoms with van der Waals surface area (Å²) in [5.74, 6) is -0.0895. The van der Waals surface area contributed by atoms with Crippen molar-refractivity contribution in [3.05, 3.63) is 87.6 Å². The molecule has 2 aromatic carbocycles. The van der Waals surface area contributed by atoms with Gasteiger partial charge in [0.1, 0.15) is 0 Å². The van der Waals surface area contributed by atoms with E-state index in [-0.39, 0.29) is 17.9 Å². The van der Waals surface area contributed by atoms with Gasteiger partial charge in [-0.15, -0.1) is 11.3 Å². The second-order valence-electron chi connectivity index (χ2n) is 7.94. The average molecular weight is 448 g/mol. The van der Waals surface area contributed by atoms with Gasteiger partial charge < -0.3 is 10.2 Å². The Bertz CT molecular complexity index is 1080. The molecular weight excluding hydrogens is 418 g/mol. The summed E-state index contributed by atoms with van der Waals surface area (Å²) in [6.07, 6.45) is 0.956. The number of carbonyl (C=O) groups is 2. The standard InChI is InChI=1S/C26H29N3O2S/c1-3-28(4-2)26(31)20-11-8-12-21(17-20)27-24(30)18-29-15-13-23-22(14-16-32-23)25(29)19-9-6-5-7-10-19/h5-12,14,16-17,25H,3-4,13,15,18H2,1-2H3,(H,27,30). The van der Waals surface area contributed by atoms with Crippen LogP contribution in [0.15, 0.2) is 66.0 Å². The van der Waals surface area contributed by atoms with Gasteiger partial charge in [0, 0.05) is 35.8 Å². The summed E-state index contributed by atoms with van der Waals surface area (Å²) in [6, 6.07) is 19.8. The Hall–Kier alpha value is -2.96. The molecule has 32 heavy (non-hydrogen) atoms. The van der Waals surface area contributed by atoms with Crippen molar-refractivity contribution in [3.8, 4) is 0 Å². The monoisotopic (exact) mass is 447 g/mol. The summed E-state index contributed by atoms with van der Waals surface area (Å²) >= 11 is 1.79. The van der Waals surface area contributed by atoms with E-state index in [4.69, 9.17) is 0 Å². The molecule has 166 valence electrons. The fraction of sp³-hybridized carbons (Fsp3) is 0.308. The molecule has 1 unspecified atom stereocenters. The second kappa shape index (κ2) is 10.1. The first-order valence-electron chi connectivity index (χ1n) is 11.1. The van der Waals surface area contributed by atoms with Crippen molar-refractivity contribution in [2.45, 2.75) is 26.3 Å². The van der Waals surface area contributed by atoms with Gasteiger partial charge in [-0.25, -0.2) is 0 Å². The highest BCUT2D eigenvalue weighted by atomic mass is 32.1. The number of nitrogens with one attached hydrogen (secondary N) is 1. The molecule has 2 amide bonds. The van der Waals surface area contributed by atoms with Crippen LogP contribution < -0.4 is 5.32 Å². The van der Waals surface area contributed by atoms with Gasteiger partial charge in [-0.2, -0.15) is 0 Å². The van der Waals surface area contributed by atoms with E-state index >= 15 is 0 Å². The van der Waals surface area contributed by atoms with Crippen LogP contribution in [0.25, 0.3) is 0 Å². The summed E-state index contributed by atoms with van der Waals surface area (Å²) in [5, 5.41) is 5.14. The van der Waals surface area contributed by atoms with E-state index in [0.29, 0.717) is 30.9 Å². The lowest BCUT2D eigenvalue weighted by atomic mass is 9.93. The molecule has 4 rings (SSSR count). The number of hydrogen-bond donors (Lipinski definition) is 1. The molecule has 6 heteroatoms. The molecule has 0 bridgehead atoms. The lowest BCUT2D eigenvalue weighted by Gasteiger charge is -2.35. The highest BCUT2D eigenvalue weighted by Crippen LogP contribution is 2.37. The fourth-order valence-corrected chi connectivity index (χ4v) is 5.28. The molecule has 0 spiro atoms. The van der Waals surface area contributed by atoms with E-state index in [1.54, 1.807) is 28.4 Å². The maximum absolute atomic E-state index is 13.0. The number of fused-ring (bicyclic) bond motifs is 1. The normalized spacial score (nSPS) is 15.8. The van der Waals surface area contributed by atoms with E-state index in [1.807, 2.05) is 44.2 Å². The number of nitrogens with zero attached hydrogens (tertiary/aromatic N) is 2. The van der Waals surface area contributed by atoms with Gasteiger partial charge in [0.05, 0.1) is 12.6 Å². The number of benzene rings is 2. The van der Waals surface area contributed by atoms with Crippen LogP contribution in [0.4, 0.5) is 5.69 Å². The van der Waals surface area contributed by atoms with Gasteiger partial charge in [-0.3, -0.25) is 14.5 Å². The van der Waals surface area contributed by atoms with Crippen molar-refractivity contribution in [2.24, 2.45) is 0 Å². The van der Waals surface area contributed by atoms with Crippen LogP contribution in [0, 0.1) is 0 Å². The van der Waals surface area contributed by atoms with Crippen LogP contribution in [0.5, 0.6) is 0 Å². The average Bonchev–Trinajstić information content (AvgIpc) is 3.29. The van der Waals surface area contributed by atoms with Crippen molar-refractivity contribution < 1.29 is 9.59 Å². The lowest BCUT2D eigenvalue weighted by molar-refractivity contribution is -0.117. The molecule has 1 N–H and O–H groups in total. The minimum Gasteiger partial charge on any atom is -0.339 e. The molecule has 0 fully saturated rings. The summed E-state index contributed by atoms with van der Waals surface area (Å²) in [6.45, 7) is 6.38. The third-order valence-corrected chi connectivity index (χ3v) is 6.97. The number of hydrogen-bond acceptors (Lipinski definition) is 4. The molecule has 1 aliphatic rings. The molecule has 2 heterocycles. The molecule has 0 saturated heterocycles. The molecule has 0 radical (unpaired) electrons. The van der Waals surface area contributed by atoms with Gasteiger partial charge in [-0.1, -0.05) is 36.4 Å². The van der Waals surface area contributed by atoms with Crippen molar-refractivity contribution in [2.75, 3.05) is 31.5 Å². The maximum Gasteiger partial charge on any atom is 0.253 e. The van der Waals surface area contributed by atoms with Crippen molar-refractivity contribution in [1.82, 2.24) is 9.80 Å². The van der Waals surface area contributed by atoms with Crippen LogP contribution >= 0.6 is 11.3 Å². The van der Waals surface area contributed by atoms with Crippen molar-refractivity contribution in [1.29, 1.82) is 0 Å². The quantitative estimate of drug-likeness (QED) is 0.565. The zero-order chi connectivity index (χ0) is 22.5. The number of rotatable bonds is 7. The Kier molecular flexibility index (Phi) is 7.02. The lowest BCUT2D eigenvalue weighted by Crippen LogP contribution is -2.40. The third kappa shape index (κ3) is 4.76. The van der Waals surface area contributed by atoms with Crippen LogP contribution in [0.1, 0.15) is 46.3 Å². The first-order chi connectivity index (χ1) is 15.6. The summed E-state index contributed by atoms with van der Waals surface area (Å²) in [7, 11) is 0. The third-order valence-electron chi connectivity index (χ3n) is 5.97. The van der Waals surface area contributed by atoms with Crippen LogP contribution in [0.3, 0.4) is 0 Å². The fourth-order valence-electron chi connectivity index (χ4n) is 4.37. The number of thiophene rings is 1. The molecule has 1 aromatic heterocycles. The summed E-state index contributed by atoms with van der Waals surface area (Å²) in [4.78, 5) is 31.1. The van der Waals surface area contributed by atoms with Gasteiger partial charge in [0.2, 0.25) is 5.91 Å². The Morgan fingerprint density at radius 2 is 1.84 bits per heavy atom. The highest BCUT2D eigenvalue weighted by Gasteiger charge is 2.30. The van der Waals surface area contributed by atoms with Crippen molar-refractivity contribution >= 4 is 28.8 Å². The predicted molar refractivity (Wildman–Crippen MR) is 130 cm³/mol. The van der Waals surface area contributed by atoms with Crippen molar-refractivity contribution in [3.63, 3.8) is 0 Å². The van der Waals surface area contributed by atoms with E-state index in [2.05, 4.69) is 33.8 Å². The molecule has 1 atom stereocenters. The van der Waals surface area contributed by atoms with Crippen LogP contribution in [-0.4, -0.2) is 47.8 Å². The SMILES string of the molecule is CCN(CC)C(=O)c1cccc(NC(=O)CN2CCc3sccc3C2c2ccccc2)c1. The Morgan fingerprint density at radius 1 is 1.06 bits per heavy atom.